The van der Waals surface area contributed by atoms with E-state index < -0.39 is 5.97 Å². The second-order valence-corrected chi connectivity index (χ2v) is 2.43. The normalized spacial score (nSPS) is 9.21. The second kappa shape index (κ2) is 4.22. The highest BCUT2D eigenvalue weighted by Crippen LogP contribution is 2.09. The molecule has 0 atom stereocenters. The molecular weight excluding hydrogens is 184 g/mol. The smallest absolute Gasteiger partial charge is 0.356 e. The fourth-order valence-corrected chi connectivity index (χ4v) is 0.827. The van der Waals surface area contributed by atoms with E-state index in [1.165, 1.54) is 19.4 Å². The zero-order chi connectivity index (χ0) is 10.6. The molecule has 0 aliphatic heterocycles. The number of pyridine rings is 1. The summed E-state index contributed by atoms with van der Waals surface area (Å²) in [5.41, 5.74) is 11.0. The van der Waals surface area contributed by atoms with Gasteiger partial charge in [-0.2, -0.15) is 0 Å². The van der Waals surface area contributed by atoms with Crippen LogP contribution in [0.4, 0.5) is 5.69 Å². The van der Waals surface area contributed by atoms with E-state index in [9.17, 15) is 4.79 Å². The van der Waals surface area contributed by atoms with Crippen molar-refractivity contribution in [1.82, 2.24) is 4.98 Å². The van der Waals surface area contributed by atoms with Crippen molar-refractivity contribution in [2.75, 3.05) is 7.11 Å². The molecule has 0 saturated heterocycles. The van der Waals surface area contributed by atoms with E-state index in [2.05, 4.69) is 14.7 Å². The summed E-state index contributed by atoms with van der Waals surface area (Å²) in [6, 6.07) is 3.05. The predicted octanol–water partition coefficient (Wildman–Crippen LogP) is -0.227. The molecule has 0 amide bonds. The van der Waals surface area contributed by atoms with Gasteiger partial charge >= 0.3 is 5.97 Å². The Morgan fingerprint density at radius 1 is 1.50 bits per heavy atom. The number of nitrogens with zero attached hydrogens (tertiary/aromatic N) is 2. The third-order valence-corrected chi connectivity index (χ3v) is 1.40. The van der Waals surface area contributed by atoms with Gasteiger partial charge in [-0.1, -0.05) is 0 Å². The quantitative estimate of drug-likeness (QED) is 0.384. The molecule has 0 aliphatic rings. The number of ether oxygens (including phenoxy) is 1. The third-order valence-electron chi connectivity index (χ3n) is 1.40. The summed E-state index contributed by atoms with van der Waals surface area (Å²) >= 11 is 0. The summed E-state index contributed by atoms with van der Waals surface area (Å²) in [7, 11) is 1.29. The summed E-state index contributed by atoms with van der Waals surface area (Å²) < 4.78 is 4.47. The Balaban J connectivity index is 2.89. The Labute approximate surface area is 80.6 Å². The molecule has 0 saturated carbocycles. The highest BCUT2D eigenvalue weighted by Gasteiger charge is 2.05. The second-order valence-electron chi connectivity index (χ2n) is 2.43. The van der Waals surface area contributed by atoms with Crippen molar-refractivity contribution < 1.29 is 9.53 Å². The molecule has 1 aromatic heterocycles. The van der Waals surface area contributed by atoms with Crippen LogP contribution >= 0.6 is 0 Å². The molecule has 1 aromatic rings. The molecule has 0 spiro atoms. The average Bonchev–Trinajstić information content (AvgIpc) is 2.17. The molecule has 4 N–H and O–H groups in total. The Bertz CT molecular complexity index is 354. The maximum atomic E-state index is 11.0. The minimum absolute atomic E-state index is 0.0578. The van der Waals surface area contributed by atoms with E-state index in [-0.39, 0.29) is 11.7 Å². The minimum Gasteiger partial charge on any atom is -0.464 e. The molecule has 0 aromatic carbocycles. The standard InChI is InChI=1S/C8H10N4O2/c1-14-7(13)6-3-2-5(4-11-6)12-8(9)10/h2-4H,1H3,(H4,9,10,12). The third kappa shape index (κ3) is 2.44. The summed E-state index contributed by atoms with van der Waals surface area (Å²) in [6.45, 7) is 0. The number of hydrogen-bond acceptors (Lipinski definition) is 4. The van der Waals surface area contributed by atoms with Crippen molar-refractivity contribution in [3.8, 4) is 0 Å². The molecule has 0 fully saturated rings. The van der Waals surface area contributed by atoms with E-state index in [0.29, 0.717) is 5.69 Å². The van der Waals surface area contributed by atoms with Crippen LogP contribution < -0.4 is 11.5 Å². The highest BCUT2D eigenvalue weighted by atomic mass is 16.5. The molecule has 0 aliphatic carbocycles. The Hall–Kier alpha value is -2.11. The van der Waals surface area contributed by atoms with Crippen LogP contribution in [-0.4, -0.2) is 24.0 Å². The number of aromatic nitrogens is 1. The number of aliphatic imine (C=N–C) groups is 1. The topological polar surface area (TPSA) is 104 Å². The molecule has 1 heterocycles. The number of esters is 1. The number of methoxy groups -OCH3 is 1. The molecule has 0 bridgehead atoms. The van der Waals surface area contributed by atoms with Gasteiger partial charge in [0.25, 0.3) is 0 Å². The summed E-state index contributed by atoms with van der Waals surface area (Å²) in [5.74, 6) is -0.557. The summed E-state index contributed by atoms with van der Waals surface area (Å²) in [5, 5.41) is 0. The highest BCUT2D eigenvalue weighted by molar-refractivity contribution is 5.87. The Morgan fingerprint density at radius 2 is 2.21 bits per heavy atom. The van der Waals surface area contributed by atoms with Crippen LogP contribution in [-0.2, 0) is 4.74 Å². The van der Waals surface area contributed by atoms with Gasteiger partial charge in [0.1, 0.15) is 5.69 Å². The van der Waals surface area contributed by atoms with Crippen LogP contribution in [0.3, 0.4) is 0 Å². The first kappa shape index (κ1) is 9.97. The van der Waals surface area contributed by atoms with Crippen molar-refractivity contribution in [2.24, 2.45) is 16.5 Å². The SMILES string of the molecule is COC(=O)c1ccc(N=C(N)N)cn1. The molecule has 14 heavy (non-hydrogen) atoms. The van der Waals surface area contributed by atoms with Crippen LogP contribution in [0.1, 0.15) is 10.5 Å². The van der Waals surface area contributed by atoms with E-state index in [1.807, 2.05) is 0 Å². The lowest BCUT2D eigenvalue weighted by atomic mass is 10.3. The number of carbonyl (C=O) groups excluding carboxylic acids is 1. The van der Waals surface area contributed by atoms with Gasteiger partial charge in [-0.05, 0) is 12.1 Å². The molecular formula is C8H10N4O2. The lowest BCUT2D eigenvalue weighted by Gasteiger charge is -1.98. The minimum atomic E-state index is -0.499. The van der Waals surface area contributed by atoms with Gasteiger partial charge in [-0.25, -0.2) is 14.8 Å². The molecule has 0 radical (unpaired) electrons. The van der Waals surface area contributed by atoms with Gasteiger partial charge in [0.15, 0.2) is 5.96 Å². The molecule has 6 nitrogen and oxygen atoms in total. The fourth-order valence-electron chi connectivity index (χ4n) is 0.827. The maximum Gasteiger partial charge on any atom is 0.356 e. The number of hydrogen-bond donors (Lipinski definition) is 2. The summed E-state index contributed by atoms with van der Waals surface area (Å²) in [4.78, 5) is 18.5. The zero-order valence-corrected chi connectivity index (χ0v) is 7.60. The lowest BCUT2D eigenvalue weighted by molar-refractivity contribution is 0.0594. The Kier molecular flexibility index (Phi) is 3.01. The van der Waals surface area contributed by atoms with Crippen molar-refractivity contribution in [2.45, 2.75) is 0 Å². The van der Waals surface area contributed by atoms with Crippen LogP contribution in [0.25, 0.3) is 0 Å². The van der Waals surface area contributed by atoms with Gasteiger partial charge in [0.05, 0.1) is 19.0 Å². The first-order valence-corrected chi connectivity index (χ1v) is 3.77. The first-order chi connectivity index (χ1) is 6.63. The van der Waals surface area contributed by atoms with E-state index in [0.717, 1.165) is 0 Å². The number of nitrogens with two attached hydrogens (primary N) is 2. The number of guanidine groups is 1. The van der Waals surface area contributed by atoms with Gasteiger partial charge in [0.2, 0.25) is 0 Å². The van der Waals surface area contributed by atoms with Crippen LogP contribution in [0.5, 0.6) is 0 Å². The lowest BCUT2D eigenvalue weighted by Crippen LogP contribution is -2.21. The van der Waals surface area contributed by atoms with Gasteiger partial charge in [0, 0.05) is 0 Å². The molecule has 6 heteroatoms. The van der Waals surface area contributed by atoms with Crippen LogP contribution in [0.2, 0.25) is 0 Å². The van der Waals surface area contributed by atoms with Gasteiger partial charge in [-0.15, -0.1) is 0 Å². The van der Waals surface area contributed by atoms with Crippen molar-refractivity contribution in [3.05, 3.63) is 24.0 Å². The van der Waals surface area contributed by atoms with Crippen molar-refractivity contribution >= 4 is 17.6 Å². The predicted molar refractivity (Wildman–Crippen MR) is 51.0 cm³/mol. The van der Waals surface area contributed by atoms with Gasteiger partial charge < -0.3 is 16.2 Å². The summed E-state index contributed by atoms with van der Waals surface area (Å²) in [6.07, 6.45) is 1.38. The van der Waals surface area contributed by atoms with E-state index >= 15 is 0 Å². The largest absolute Gasteiger partial charge is 0.464 e. The molecule has 74 valence electrons. The number of carbonyl (C=O) groups is 1. The van der Waals surface area contributed by atoms with Crippen LogP contribution in [0.15, 0.2) is 23.3 Å². The van der Waals surface area contributed by atoms with E-state index in [4.69, 9.17) is 11.5 Å². The van der Waals surface area contributed by atoms with E-state index in [1.54, 1.807) is 6.07 Å². The monoisotopic (exact) mass is 194 g/mol. The fraction of sp³-hybridized carbons (Fsp3) is 0.125. The van der Waals surface area contributed by atoms with Crippen LogP contribution in [0, 0.1) is 0 Å². The molecule has 1 rings (SSSR count). The van der Waals surface area contributed by atoms with Crippen molar-refractivity contribution in [1.29, 1.82) is 0 Å². The zero-order valence-electron chi connectivity index (χ0n) is 7.60. The first-order valence-electron chi connectivity index (χ1n) is 3.77. The molecule has 0 unspecified atom stereocenters. The average molecular weight is 194 g/mol. The Morgan fingerprint density at radius 3 is 2.64 bits per heavy atom. The van der Waals surface area contributed by atoms with Gasteiger partial charge in [-0.3, -0.25) is 0 Å². The van der Waals surface area contributed by atoms with Crippen molar-refractivity contribution in [3.63, 3.8) is 0 Å². The number of rotatable bonds is 2. The maximum absolute atomic E-state index is 11.0.